The molecule has 1 rings (SSSR count). The number of nitrogens with zero attached hydrogens (tertiary/aromatic N) is 1. The number of halogens is 1. The van der Waals surface area contributed by atoms with Crippen LogP contribution >= 0.6 is 15.9 Å². The van der Waals surface area contributed by atoms with Gasteiger partial charge in [0.1, 0.15) is 5.75 Å². The van der Waals surface area contributed by atoms with Crippen molar-refractivity contribution in [3.8, 4) is 0 Å². The number of alkyl halides is 1. The first-order valence-electron chi connectivity index (χ1n) is 3.98. The van der Waals surface area contributed by atoms with Crippen molar-refractivity contribution in [2.24, 2.45) is 0 Å². The molecule has 1 heterocycles. The summed E-state index contributed by atoms with van der Waals surface area (Å²) in [5.41, 5.74) is 0. The van der Waals surface area contributed by atoms with E-state index in [9.17, 15) is 13.2 Å². The minimum atomic E-state index is -3.18. The zero-order chi connectivity index (χ0) is 10.1. The van der Waals surface area contributed by atoms with Crippen LogP contribution in [-0.2, 0) is 14.6 Å². The van der Waals surface area contributed by atoms with Crippen LogP contribution in [0.1, 0.15) is 6.42 Å². The Balaban J connectivity index is 2.50. The first kappa shape index (κ1) is 11.0. The van der Waals surface area contributed by atoms with Gasteiger partial charge in [0, 0.05) is 24.2 Å². The number of hydrogen-bond donors (Lipinski definition) is 0. The summed E-state index contributed by atoms with van der Waals surface area (Å²) in [5, 5.41) is 0. The number of carbonyl (C=O) groups is 1. The summed E-state index contributed by atoms with van der Waals surface area (Å²) in [6, 6.07) is 0. The summed E-state index contributed by atoms with van der Waals surface area (Å²) >= 11 is 3.38. The molecule has 1 atom stereocenters. The standard InChI is InChI=1S/C7H12BrNO3S/c1-13(11,12)5-7(10)9-3-2-6(8)4-9/h6H,2-5H2,1H3. The van der Waals surface area contributed by atoms with Crippen LogP contribution < -0.4 is 0 Å². The molecule has 0 aliphatic carbocycles. The van der Waals surface area contributed by atoms with E-state index in [1.807, 2.05) is 0 Å². The smallest absolute Gasteiger partial charge is 0.237 e. The Kier molecular flexibility index (Phi) is 3.34. The van der Waals surface area contributed by atoms with Crippen molar-refractivity contribution in [3.05, 3.63) is 0 Å². The van der Waals surface area contributed by atoms with Crippen LogP contribution in [0.25, 0.3) is 0 Å². The van der Waals surface area contributed by atoms with Crippen molar-refractivity contribution in [3.63, 3.8) is 0 Å². The highest BCUT2D eigenvalue weighted by Gasteiger charge is 2.25. The molecule has 6 heteroatoms. The van der Waals surface area contributed by atoms with Gasteiger partial charge in [0.2, 0.25) is 5.91 Å². The van der Waals surface area contributed by atoms with E-state index in [2.05, 4.69) is 15.9 Å². The average Bonchev–Trinajstić information content (AvgIpc) is 2.31. The number of likely N-dealkylation sites (tertiary alicyclic amines) is 1. The second-order valence-corrected chi connectivity index (χ2v) is 6.73. The maximum Gasteiger partial charge on any atom is 0.237 e. The average molecular weight is 270 g/mol. The second kappa shape index (κ2) is 3.96. The highest BCUT2D eigenvalue weighted by Crippen LogP contribution is 2.16. The van der Waals surface area contributed by atoms with Crippen LogP contribution in [0, 0.1) is 0 Å². The Labute approximate surface area is 86.3 Å². The lowest BCUT2D eigenvalue weighted by atomic mass is 10.4. The lowest BCUT2D eigenvalue weighted by Crippen LogP contribution is -2.33. The Hall–Kier alpha value is -0.100. The zero-order valence-corrected chi connectivity index (χ0v) is 9.77. The first-order valence-corrected chi connectivity index (χ1v) is 6.95. The minimum Gasteiger partial charge on any atom is -0.341 e. The van der Waals surface area contributed by atoms with E-state index in [4.69, 9.17) is 0 Å². The summed E-state index contributed by atoms with van der Waals surface area (Å²) in [7, 11) is -3.18. The van der Waals surface area contributed by atoms with E-state index < -0.39 is 9.84 Å². The van der Waals surface area contributed by atoms with E-state index in [0.717, 1.165) is 12.7 Å². The molecular formula is C7H12BrNO3S. The third kappa shape index (κ3) is 3.64. The summed E-state index contributed by atoms with van der Waals surface area (Å²) in [5.74, 6) is -0.656. The summed E-state index contributed by atoms with van der Waals surface area (Å²) < 4.78 is 21.6. The second-order valence-electron chi connectivity index (χ2n) is 3.30. The molecule has 76 valence electrons. The van der Waals surface area contributed by atoms with Crippen LogP contribution in [0.5, 0.6) is 0 Å². The van der Waals surface area contributed by atoms with Gasteiger partial charge in [0.15, 0.2) is 9.84 Å². The number of rotatable bonds is 2. The van der Waals surface area contributed by atoms with E-state index in [-0.39, 0.29) is 11.7 Å². The quantitative estimate of drug-likeness (QED) is 0.665. The summed E-state index contributed by atoms with van der Waals surface area (Å²) in [4.78, 5) is 13.2. The van der Waals surface area contributed by atoms with Gasteiger partial charge in [-0.15, -0.1) is 0 Å². The summed E-state index contributed by atoms with van der Waals surface area (Å²) in [6.45, 7) is 1.28. The largest absolute Gasteiger partial charge is 0.341 e. The fourth-order valence-electron chi connectivity index (χ4n) is 1.26. The first-order chi connectivity index (χ1) is 5.88. The maximum absolute atomic E-state index is 11.3. The van der Waals surface area contributed by atoms with Crippen LogP contribution in [0.2, 0.25) is 0 Å². The topological polar surface area (TPSA) is 54.5 Å². The van der Waals surface area contributed by atoms with E-state index in [0.29, 0.717) is 17.9 Å². The predicted molar refractivity (Wildman–Crippen MR) is 53.6 cm³/mol. The van der Waals surface area contributed by atoms with Crippen LogP contribution in [0.15, 0.2) is 0 Å². The molecule has 13 heavy (non-hydrogen) atoms. The molecule has 0 aromatic carbocycles. The van der Waals surface area contributed by atoms with Gasteiger partial charge >= 0.3 is 0 Å². The monoisotopic (exact) mass is 269 g/mol. The number of hydrogen-bond acceptors (Lipinski definition) is 3. The minimum absolute atomic E-state index is 0.288. The third-order valence-electron chi connectivity index (χ3n) is 1.87. The number of amides is 1. The molecule has 1 saturated heterocycles. The maximum atomic E-state index is 11.3. The van der Waals surface area contributed by atoms with E-state index >= 15 is 0 Å². The van der Waals surface area contributed by atoms with Gasteiger partial charge in [-0.1, -0.05) is 15.9 Å². The lowest BCUT2D eigenvalue weighted by Gasteiger charge is -2.14. The highest BCUT2D eigenvalue weighted by molar-refractivity contribution is 9.09. The van der Waals surface area contributed by atoms with E-state index in [1.165, 1.54) is 0 Å². The molecule has 0 bridgehead atoms. The predicted octanol–water partition coefficient (Wildman–Crippen LogP) is 0.0268. The van der Waals surface area contributed by atoms with Crippen molar-refractivity contribution in [1.29, 1.82) is 0 Å². The van der Waals surface area contributed by atoms with Crippen LogP contribution in [0.4, 0.5) is 0 Å². The molecule has 4 nitrogen and oxygen atoms in total. The Morgan fingerprint density at radius 2 is 2.23 bits per heavy atom. The number of carbonyl (C=O) groups excluding carboxylic acids is 1. The van der Waals surface area contributed by atoms with E-state index in [1.54, 1.807) is 4.90 Å². The molecule has 0 aromatic rings. The lowest BCUT2D eigenvalue weighted by molar-refractivity contribution is -0.127. The van der Waals surface area contributed by atoms with Crippen molar-refractivity contribution in [2.75, 3.05) is 25.1 Å². The van der Waals surface area contributed by atoms with Gasteiger partial charge in [0.25, 0.3) is 0 Å². The Bertz CT molecular complexity index is 301. The Morgan fingerprint density at radius 1 is 1.62 bits per heavy atom. The molecule has 1 unspecified atom stereocenters. The molecule has 1 aliphatic rings. The van der Waals surface area contributed by atoms with Gasteiger partial charge in [0.05, 0.1) is 0 Å². The molecule has 0 radical (unpaired) electrons. The molecule has 1 fully saturated rings. The fourth-order valence-corrected chi connectivity index (χ4v) is 2.45. The zero-order valence-electron chi connectivity index (χ0n) is 7.36. The van der Waals surface area contributed by atoms with Gasteiger partial charge in [-0.05, 0) is 6.42 Å². The van der Waals surface area contributed by atoms with Gasteiger partial charge in [-0.3, -0.25) is 4.79 Å². The van der Waals surface area contributed by atoms with Crippen LogP contribution in [-0.4, -0.2) is 49.2 Å². The highest BCUT2D eigenvalue weighted by atomic mass is 79.9. The van der Waals surface area contributed by atoms with Gasteiger partial charge in [-0.2, -0.15) is 0 Å². The van der Waals surface area contributed by atoms with Gasteiger partial charge < -0.3 is 4.90 Å². The molecule has 1 amide bonds. The molecule has 0 spiro atoms. The molecule has 1 aliphatic heterocycles. The SMILES string of the molecule is CS(=O)(=O)CC(=O)N1CCC(Br)C1. The van der Waals surface area contributed by atoms with Crippen molar-refractivity contribution >= 4 is 31.7 Å². The van der Waals surface area contributed by atoms with Crippen molar-refractivity contribution in [2.45, 2.75) is 11.2 Å². The molecular weight excluding hydrogens is 258 g/mol. The van der Waals surface area contributed by atoms with Crippen LogP contribution in [0.3, 0.4) is 0 Å². The van der Waals surface area contributed by atoms with Crippen molar-refractivity contribution in [1.82, 2.24) is 4.90 Å². The molecule has 0 aromatic heterocycles. The third-order valence-corrected chi connectivity index (χ3v) is 3.39. The summed E-state index contributed by atoms with van der Waals surface area (Å²) in [6.07, 6.45) is 1.97. The molecule has 0 saturated carbocycles. The normalized spacial score (nSPS) is 23.5. The Morgan fingerprint density at radius 3 is 2.62 bits per heavy atom. The van der Waals surface area contributed by atoms with Crippen molar-refractivity contribution < 1.29 is 13.2 Å². The fraction of sp³-hybridized carbons (Fsp3) is 0.857. The number of sulfone groups is 1. The molecule has 0 N–H and O–H groups in total. The van der Waals surface area contributed by atoms with Gasteiger partial charge in [-0.25, -0.2) is 8.42 Å².